The molecule has 0 aromatic carbocycles. The fraction of sp³-hybridized carbons (Fsp3) is 0.526. The van der Waals surface area contributed by atoms with E-state index in [1.165, 1.54) is 0 Å². The number of aromatic nitrogens is 2. The third kappa shape index (κ3) is 5.21. The smallest absolute Gasteiger partial charge is 0.475 e. The van der Waals surface area contributed by atoms with E-state index in [9.17, 15) is 21.6 Å². The predicted octanol–water partition coefficient (Wildman–Crippen LogP) is 2.08. The van der Waals surface area contributed by atoms with Crippen LogP contribution in [-0.2, 0) is 21.2 Å². The van der Waals surface area contributed by atoms with Crippen molar-refractivity contribution in [1.29, 1.82) is 0 Å². The van der Waals surface area contributed by atoms with Gasteiger partial charge in [-0.3, -0.25) is 4.90 Å². The third-order valence-corrected chi connectivity index (χ3v) is 8.06. The summed E-state index contributed by atoms with van der Waals surface area (Å²) in [5.74, 6) is -0.825. The van der Waals surface area contributed by atoms with Gasteiger partial charge >= 0.3 is 18.2 Å². The van der Waals surface area contributed by atoms with Gasteiger partial charge in [-0.2, -0.15) is 13.2 Å². The molecule has 9 nitrogen and oxygen atoms in total. The van der Waals surface area contributed by atoms with Crippen LogP contribution in [0.25, 0.3) is 0 Å². The fourth-order valence-corrected chi connectivity index (χ4v) is 6.31. The van der Waals surface area contributed by atoms with Gasteiger partial charge in [0.25, 0.3) is 0 Å². The van der Waals surface area contributed by atoms with Crippen LogP contribution in [0.5, 0.6) is 6.01 Å². The zero-order valence-corrected chi connectivity index (χ0v) is 17.9. The number of rotatable bonds is 5. The average Bonchev–Trinajstić information content (AvgIpc) is 3.21. The summed E-state index contributed by atoms with van der Waals surface area (Å²) in [5.41, 5.74) is 0. The first-order valence-corrected chi connectivity index (χ1v) is 11.3. The number of aryl methyl sites for hydroxylation is 1. The molecule has 0 amide bonds. The Labute approximate surface area is 182 Å². The van der Waals surface area contributed by atoms with E-state index in [4.69, 9.17) is 19.1 Å². The number of carbonyl (C=O) groups is 1. The lowest BCUT2D eigenvalue weighted by atomic mass is 9.83. The first kappa shape index (κ1) is 24.0. The zero-order chi connectivity index (χ0) is 23.6. The minimum absolute atomic E-state index is 0.0316. The Balaban J connectivity index is 0.000000360. The van der Waals surface area contributed by atoms with E-state index in [1.807, 2.05) is 19.1 Å². The van der Waals surface area contributed by atoms with Crippen LogP contribution in [-0.4, -0.2) is 70.7 Å². The Kier molecular flexibility index (Phi) is 6.79. The predicted molar refractivity (Wildman–Crippen MR) is 105 cm³/mol. The topological polar surface area (TPSA) is 123 Å². The van der Waals surface area contributed by atoms with Gasteiger partial charge in [-0.05, 0) is 31.5 Å². The molecule has 0 aliphatic carbocycles. The van der Waals surface area contributed by atoms with Crippen molar-refractivity contribution in [1.82, 2.24) is 14.9 Å². The van der Waals surface area contributed by atoms with Crippen molar-refractivity contribution in [2.75, 3.05) is 25.4 Å². The second-order valence-electron chi connectivity index (χ2n) is 7.67. The van der Waals surface area contributed by atoms with E-state index in [2.05, 4.69) is 14.9 Å². The summed E-state index contributed by atoms with van der Waals surface area (Å²) < 4.78 is 67.6. The fourth-order valence-electron chi connectivity index (χ4n) is 3.86. The number of sulfone groups is 1. The summed E-state index contributed by atoms with van der Waals surface area (Å²) in [5, 5.41) is 7.12. The van der Waals surface area contributed by atoms with Crippen molar-refractivity contribution in [3.63, 3.8) is 0 Å². The molecular weight excluding hydrogens is 455 g/mol. The van der Waals surface area contributed by atoms with Gasteiger partial charge < -0.3 is 14.3 Å². The Morgan fingerprint density at radius 2 is 1.94 bits per heavy atom. The maximum Gasteiger partial charge on any atom is 0.490 e. The van der Waals surface area contributed by atoms with Gasteiger partial charge in [0.2, 0.25) is 0 Å². The van der Waals surface area contributed by atoms with Crippen LogP contribution in [0.3, 0.4) is 0 Å². The first-order chi connectivity index (χ1) is 14.9. The van der Waals surface area contributed by atoms with E-state index in [-0.39, 0.29) is 11.7 Å². The molecule has 2 aromatic rings. The molecule has 4 heterocycles. The molecule has 1 unspecified atom stereocenters. The number of halogens is 3. The number of likely N-dealkylation sites (tertiary alicyclic amines) is 1. The highest BCUT2D eigenvalue weighted by Crippen LogP contribution is 2.45. The van der Waals surface area contributed by atoms with Gasteiger partial charge in [0.15, 0.2) is 9.84 Å². The third-order valence-electron chi connectivity index (χ3n) is 5.45. The lowest BCUT2D eigenvalue weighted by Gasteiger charge is -2.49. The summed E-state index contributed by atoms with van der Waals surface area (Å²) in [6.45, 7) is 3.93. The average molecular weight is 477 g/mol. The number of carboxylic acids is 1. The molecule has 1 N–H and O–H groups in total. The molecule has 1 spiro atoms. The molecule has 13 heteroatoms. The normalized spacial score (nSPS) is 21.4. The lowest BCUT2D eigenvalue weighted by molar-refractivity contribution is -0.192. The number of alkyl halides is 3. The van der Waals surface area contributed by atoms with Crippen LogP contribution >= 0.6 is 0 Å². The zero-order valence-electron chi connectivity index (χ0n) is 17.1. The summed E-state index contributed by atoms with van der Waals surface area (Å²) in [7, 11) is -3.12. The lowest BCUT2D eigenvalue weighted by Crippen LogP contribution is -2.67. The van der Waals surface area contributed by atoms with Crippen molar-refractivity contribution in [2.45, 2.75) is 30.8 Å². The molecule has 2 aliphatic rings. The molecule has 2 aromatic heterocycles. The molecule has 2 aliphatic heterocycles. The Morgan fingerprint density at radius 1 is 1.31 bits per heavy atom. The Bertz CT molecular complexity index is 1040. The number of nitrogens with zero attached hydrogens (tertiary/aromatic N) is 3. The molecule has 0 saturated carbocycles. The van der Waals surface area contributed by atoms with Crippen LogP contribution in [0.4, 0.5) is 13.2 Å². The van der Waals surface area contributed by atoms with Crippen molar-refractivity contribution in [3.05, 3.63) is 42.1 Å². The van der Waals surface area contributed by atoms with Gasteiger partial charge in [0, 0.05) is 31.4 Å². The van der Waals surface area contributed by atoms with Gasteiger partial charge in [-0.25, -0.2) is 23.2 Å². The monoisotopic (exact) mass is 477 g/mol. The molecule has 4 rings (SSSR count). The summed E-state index contributed by atoms with van der Waals surface area (Å²) in [6, 6.07) is 5.88. The van der Waals surface area contributed by atoms with E-state index < -0.39 is 26.7 Å². The highest BCUT2D eigenvalue weighted by molar-refractivity contribution is 7.93. The Hall–Kier alpha value is -2.67. The first-order valence-electron chi connectivity index (χ1n) is 9.63. The van der Waals surface area contributed by atoms with Gasteiger partial charge in [0.1, 0.15) is 16.3 Å². The standard InChI is InChI=1S/C17H21N3O4S.C2HF3O2/c1-13-3-4-15(24-13)9-20-11-17(12-20)14(5-8-25(17,21)22)10-23-16-18-6-2-7-19-16;3-2(4,5)1(6)7/h2-4,6-7,14H,5,8-12H2,1H3;(H,6,7). The van der Waals surface area contributed by atoms with Crippen LogP contribution in [0.1, 0.15) is 17.9 Å². The van der Waals surface area contributed by atoms with Gasteiger partial charge in [0.05, 0.1) is 18.9 Å². The van der Waals surface area contributed by atoms with Crippen LogP contribution in [0, 0.1) is 12.8 Å². The van der Waals surface area contributed by atoms with E-state index in [0.29, 0.717) is 38.7 Å². The maximum atomic E-state index is 12.7. The summed E-state index contributed by atoms with van der Waals surface area (Å²) >= 11 is 0. The molecule has 1 atom stereocenters. The molecule has 176 valence electrons. The van der Waals surface area contributed by atoms with Gasteiger partial charge in [-0.15, -0.1) is 0 Å². The maximum absolute atomic E-state index is 12.7. The minimum atomic E-state index is -5.08. The van der Waals surface area contributed by atoms with E-state index >= 15 is 0 Å². The second kappa shape index (κ2) is 9.06. The molecule has 2 fully saturated rings. The molecule has 0 bridgehead atoms. The number of furan rings is 1. The number of carboxylic acid groups (broad SMARTS) is 1. The number of hydrogen-bond donors (Lipinski definition) is 1. The number of hydrogen-bond acceptors (Lipinski definition) is 8. The largest absolute Gasteiger partial charge is 0.490 e. The minimum Gasteiger partial charge on any atom is -0.475 e. The molecular formula is C19H22F3N3O6S. The number of ether oxygens (including phenoxy) is 1. The molecule has 2 saturated heterocycles. The number of aliphatic carboxylic acids is 1. The van der Waals surface area contributed by atoms with Crippen molar-refractivity contribution in [2.24, 2.45) is 5.92 Å². The van der Waals surface area contributed by atoms with Crippen LogP contribution in [0.15, 0.2) is 35.0 Å². The SMILES string of the molecule is Cc1ccc(CN2CC3(C2)C(COc2ncccn2)CCS3(=O)=O)o1.O=C(O)C(F)(F)F. The van der Waals surface area contributed by atoms with Crippen molar-refractivity contribution in [3.8, 4) is 6.01 Å². The van der Waals surface area contributed by atoms with E-state index in [0.717, 1.165) is 11.5 Å². The van der Waals surface area contributed by atoms with E-state index in [1.54, 1.807) is 18.5 Å². The highest BCUT2D eigenvalue weighted by Gasteiger charge is 2.61. The Morgan fingerprint density at radius 3 is 2.47 bits per heavy atom. The molecule has 0 radical (unpaired) electrons. The van der Waals surface area contributed by atoms with Crippen LogP contribution in [0.2, 0.25) is 0 Å². The molecule has 32 heavy (non-hydrogen) atoms. The highest BCUT2D eigenvalue weighted by atomic mass is 32.2. The summed E-state index contributed by atoms with van der Waals surface area (Å²) in [4.78, 5) is 19.1. The summed E-state index contributed by atoms with van der Waals surface area (Å²) in [6.07, 6.45) is -1.23. The van der Waals surface area contributed by atoms with Crippen molar-refractivity contribution < 1.29 is 40.6 Å². The van der Waals surface area contributed by atoms with Crippen molar-refractivity contribution >= 4 is 15.8 Å². The van der Waals surface area contributed by atoms with Gasteiger partial charge in [-0.1, -0.05) is 0 Å². The second-order valence-corrected chi connectivity index (χ2v) is 10.1. The quantitative estimate of drug-likeness (QED) is 0.689. The van der Waals surface area contributed by atoms with Crippen LogP contribution < -0.4 is 4.74 Å².